The molecule has 1 N–H and O–H groups in total. The van der Waals surface area contributed by atoms with Crippen molar-refractivity contribution in [2.24, 2.45) is 0 Å². The van der Waals surface area contributed by atoms with Crippen molar-refractivity contribution in [3.05, 3.63) is 42.4 Å². The van der Waals surface area contributed by atoms with Crippen LogP contribution in [0.2, 0.25) is 0 Å². The molecule has 19 heavy (non-hydrogen) atoms. The van der Waals surface area contributed by atoms with Crippen molar-refractivity contribution >= 4 is 11.7 Å². The molecule has 3 rings (SSSR count). The molecule has 3 aromatic rings. The number of hydrogen-bond donors (Lipinski definition) is 1. The molecule has 0 saturated carbocycles. The van der Waals surface area contributed by atoms with E-state index in [1.165, 1.54) is 10.7 Å². The highest BCUT2D eigenvalue weighted by atomic mass is 16.1. The number of hydrogen-bond acceptors (Lipinski definition) is 5. The monoisotopic (exact) mass is 254 g/mol. The molecule has 3 aromatic heterocycles. The third-order valence-corrected chi connectivity index (χ3v) is 2.59. The van der Waals surface area contributed by atoms with Crippen molar-refractivity contribution in [3.8, 4) is 11.5 Å². The average Bonchev–Trinajstić information content (AvgIpc) is 2.91. The molecular weight excluding hydrogens is 244 g/mol. The molecule has 7 heteroatoms. The molecule has 0 fully saturated rings. The van der Waals surface area contributed by atoms with E-state index in [9.17, 15) is 4.79 Å². The molecule has 0 radical (unpaired) electrons. The van der Waals surface area contributed by atoms with Gasteiger partial charge in [-0.1, -0.05) is 6.07 Å². The summed E-state index contributed by atoms with van der Waals surface area (Å²) in [5, 5.41) is 6.82. The maximum absolute atomic E-state index is 11.7. The fraction of sp³-hybridized carbons (Fsp3) is 0.0833. The first-order valence-electron chi connectivity index (χ1n) is 5.65. The van der Waals surface area contributed by atoms with Crippen LogP contribution in [0.1, 0.15) is 10.5 Å². The Hall–Kier alpha value is -2.83. The van der Waals surface area contributed by atoms with Crippen molar-refractivity contribution in [2.45, 2.75) is 0 Å². The first-order chi connectivity index (χ1) is 9.29. The molecule has 0 unspecified atom stereocenters. The molecule has 0 aliphatic carbocycles. The predicted molar refractivity (Wildman–Crippen MR) is 67.4 cm³/mol. The Balaban J connectivity index is 2.19. The van der Waals surface area contributed by atoms with Crippen LogP contribution >= 0.6 is 0 Å². The number of carbonyl (C=O) groups excluding carboxylic acids is 1. The Morgan fingerprint density at radius 1 is 1.21 bits per heavy atom. The molecule has 94 valence electrons. The van der Waals surface area contributed by atoms with E-state index in [2.05, 4.69) is 25.4 Å². The number of aromatic nitrogens is 5. The summed E-state index contributed by atoms with van der Waals surface area (Å²) in [6, 6.07) is 7.05. The summed E-state index contributed by atoms with van der Waals surface area (Å²) in [5.41, 5.74) is 1.01. The molecule has 0 aliphatic heterocycles. The summed E-state index contributed by atoms with van der Waals surface area (Å²) in [5.74, 6) is 0.552. The van der Waals surface area contributed by atoms with Crippen molar-refractivity contribution < 1.29 is 4.79 Å². The van der Waals surface area contributed by atoms with Gasteiger partial charge in [0.2, 0.25) is 5.82 Å². The fourth-order valence-electron chi connectivity index (χ4n) is 1.70. The van der Waals surface area contributed by atoms with Crippen LogP contribution in [0.5, 0.6) is 0 Å². The minimum absolute atomic E-state index is 0.245. The zero-order valence-electron chi connectivity index (χ0n) is 10.1. The van der Waals surface area contributed by atoms with Gasteiger partial charge in [-0.2, -0.15) is 9.50 Å². The summed E-state index contributed by atoms with van der Waals surface area (Å²) in [4.78, 5) is 24.2. The summed E-state index contributed by atoms with van der Waals surface area (Å²) >= 11 is 0. The van der Waals surface area contributed by atoms with Gasteiger partial charge in [0.05, 0.1) is 0 Å². The topological polar surface area (TPSA) is 85.1 Å². The smallest absolute Gasteiger partial charge is 0.269 e. The minimum Gasteiger partial charge on any atom is -0.354 e. The van der Waals surface area contributed by atoms with Crippen molar-refractivity contribution in [3.63, 3.8) is 0 Å². The largest absolute Gasteiger partial charge is 0.354 e. The van der Waals surface area contributed by atoms with Gasteiger partial charge < -0.3 is 5.32 Å². The maximum Gasteiger partial charge on any atom is 0.269 e. The van der Waals surface area contributed by atoms with E-state index in [1.807, 2.05) is 12.1 Å². The molecule has 1 amide bonds. The van der Waals surface area contributed by atoms with Crippen LogP contribution in [-0.2, 0) is 0 Å². The van der Waals surface area contributed by atoms with Crippen LogP contribution in [0.15, 0.2) is 36.7 Å². The minimum atomic E-state index is -0.245. The number of pyridine rings is 1. The Morgan fingerprint density at radius 2 is 2.11 bits per heavy atom. The lowest BCUT2D eigenvalue weighted by Crippen LogP contribution is -2.21. The van der Waals surface area contributed by atoms with Gasteiger partial charge in [0.25, 0.3) is 11.7 Å². The Kier molecular flexibility index (Phi) is 2.64. The highest BCUT2D eigenvalue weighted by Crippen LogP contribution is 2.12. The molecular formula is C12H10N6O. The molecule has 0 bridgehead atoms. The van der Waals surface area contributed by atoms with Gasteiger partial charge in [0.1, 0.15) is 11.4 Å². The normalized spacial score (nSPS) is 10.6. The van der Waals surface area contributed by atoms with Crippen molar-refractivity contribution in [2.75, 3.05) is 7.05 Å². The quantitative estimate of drug-likeness (QED) is 0.721. The lowest BCUT2D eigenvalue weighted by atomic mass is 10.3. The number of carbonyl (C=O) groups is 1. The first kappa shape index (κ1) is 11.3. The van der Waals surface area contributed by atoms with E-state index in [0.29, 0.717) is 23.0 Å². The van der Waals surface area contributed by atoms with Crippen LogP contribution in [0.3, 0.4) is 0 Å². The lowest BCUT2D eigenvalue weighted by molar-refractivity contribution is 0.0955. The van der Waals surface area contributed by atoms with Crippen LogP contribution in [0.4, 0.5) is 0 Å². The first-order valence-corrected chi connectivity index (χ1v) is 5.65. The standard InChI is InChI=1S/C12H10N6O/c1-13-11(19)9-5-7-15-12-16-10(17-18(9)12)8-4-2-3-6-14-8/h2-7H,1H3,(H,13,19). The predicted octanol–water partition coefficient (Wildman–Crippen LogP) is 0.546. The Bertz CT molecular complexity index is 736. The second kappa shape index (κ2) is 4.45. The van der Waals surface area contributed by atoms with Crippen LogP contribution in [-0.4, -0.2) is 37.5 Å². The zero-order valence-corrected chi connectivity index (χ0v) is 10.1. The third kappa shape index (κ3) is 1.90. The number of amides is 1. The van der Waals surface area contributed by atoms with Crippen LogP contribution in [0.25, 0.3) is 17.3 Å². The number of nitrogens with zero attached hydrogens (tertiary/aromatic N) is 5. The van der Waals surface area contributed by atoms with E-state index in [-0.39, 0.29) is 5.91 Å². The summed E-state index contributed by atoms with van der Waals surface area (Å²) < 4.78 is 1.41. The second-order valence-corrected chi connectivity index (χ2v) is 3.77. The van der Waals surface area contributed by atoms with E-state index >= 15 is 0 Å². The molecule has 0 spiro atoms. The van der Waals surface area contributed by atoms with Gasteiger partial charge in [-0.05, 0) is 18.2 Å². The number of rotatable bonds is 2. The van der Waals surface area contributed by atoms with Gasteiger partial charge >= 0.3 is 0 Å². The van der Waals surface area contributed by atoms with Gasteiger partial charge in [-0.15, -0.1) is 5.10 Å². The van der Waals surface area contributed by atoms with Gasteiger partial charge in [-0.25, -0.2) is 4.98 Å². The summed E-state index contributed by atoms with van der Waals surface area (Å²) in [6.45, 7) is 0. The maximum atomic E-state index is 11.7. The highest BCUT2D eigenvalue weighted by molar-refractivity contribution is 5.92. The molecule has 0 saturated heterocycles. The highest BCUT2D eigenvalue weighted by Gasteiger charge is 2.14. The molecule has 7 nitrogen and oxygen atoms in total. The molecule has 0 aliphatic rings. The third-order valence-electron chi connectivity index (χ3n) is 2.59. The number of fused-ring (bicyclic) bond motifs is 1. The lowest BCUT2D eigenvalue weighted by Gasteiger charge is -2.00. The van der Waals surface area contributed by atoms with E-state index < -0.39 is 0 Å². The van der Waals surface area contributed by atoms with E-state index in [4.69, 9.17) is 0 Å². The van der Waals surface area contributed by atoms with Gasteiger partial charge in [0, 0.05) is 19.4 Å². The van der Waals surface area contributed by atoms with E-state index in [1.54, 1.807) is 25.4 Å². The van der Waals surface area contributed by atoms with Gasteiger partial charge in [0.15, 0.2) is 0 Å². The van der Waals surface area contributed by atoms with Crippen LogP contribution in [0, 0.1) is 0 Å². The van der Waals surface area contributed by atoms with Gasteiger partial charge in [-0.3, -0.25) is 9.78 Å². The molecule has 0 atom stereocenters. The summed E-state index contributed by atoms with van der Waals surface area (Å²) in [6.07, 6.45) is 3.19. The molecule has 0 aromatic carbocycles. The second-order valence-electron chi connectivity index (χ2n) is 3.77. The summed E-state index contributed by atoms with van der Waals surface area (Å²) in [7, 11) is 1.56. The number of nitrogens with one attached hydrogen (secondary N) is 1. The Labute approximate surface area is 108 Å². The Morgan fingerprint density at radius 3 is 2.84 bits per heavy atom. The molecule has 3 heterocycles. The van der Waals surface area contributed by atoms with E-state index in [0.717, 1.165) is 0 Å². The zero-order chi connectivity index (χ0) is 13.2. The fourth-order valence-corrected chi connectivity index (χ4v) is 1.70. The van der Waals surface area contributed by atoms with Crippen LogP contribution < -0.4 is 5.32 Å². The van der Waals surface area contributed by atoms with Crippen molar-refractivity contribution in [1.82, 2.24) is 29.9 Å². The van der Waals surface area contributed by atoms with Crippen molar-refractivity contribution in [1.29, 1.82) is 0 Å². The average molecular weight is 254 g/mol. The SMILES string of the molecule is CNC(=O)c1ccnc2nc(-c3ccccn3)nn12.